The van der Waals surface area contributed by atoms with Gasteiger partial charge in [-0.25, -0.2) is 9.98 Å². The smallest absolute Gasteiger partial charge is 0.0737 e. The van der Waals surface area contributed by atoms with E-state index in [0.717, 1.165) is 95.9 Å². The average Bonchev–Trinajstić information content (AvgIpc) is 4.00. The van der Waals surface area contributed by atoms with Crippen LogP contribution in [0.5, 0.6) is 0 Å². The summed E-state index contributed by atoms with van der Waals surface area (Å²) in [6.45, 7) is 3.01. The average molecular weight is 643 g/mol. The van der Waals surface area contributed by atoms with Crippen LogP contribution in [-0.4, -0.2) is 21.0 Å². The summed E-state index contributed by atoms with van der Waals surface area (Å²) in [6, 6.07) is 49.0. The van der Waals surface area contributed by atoms with Crippen LogP contribution in [0.25, 0.3) is 22.3 Å². The first kappa shape index (κ1) is 29.6. The molecule has 5 heterocycles. The number of fused-ring (bicyclic) bond motifs is 6. The largest absolute Gasteiger partial charge is 0.354 e. The Hall–Kier alpha value is -6.52. The van der Waals surface area contributed by atoms with Crippen molar-refractivity contribution in [2.75, 3.05) is 0 Å². The molecule has 238 valence electrons. The minimum Gasteiger partial charge on any atom is -0.354 e. The van der Waals surface area contributed by atoms with Crippen LogP contribution in [0.15, 0.2) is 191 Å². The molecule has 6 aromatic rings. The maximum atomic E-state index is 5.43. The van der Waals surface area contributed by atoms with Gasteiger partial charge in [-0.15, -0.1) is 0 Å². The Kier molecular flexibility index (Phi) is 7.40. The molecule has 4 nitrogen and oxygen atoms in total. The van der Waals surface area contributed by atoms with Gasteiger partial charge in [-0.3, -0.25) is 0 Å². The highest BCUT2D eigenvalue weighted by Crippen LogP contribution is 2.38. The van der Waals surface area contributed by atoms with Gasteiger partial charge < -0.3 is 9.55 Å². The van der Waals surface area contributed by atoms with E-state index in [1.165, 1.54) is 0 Å². The molecule has 4 aromatic carbocycles. The minimum atomic E-state index is 0.805. The van der Waals surface area contributed by atoms with Crippen LogP contribution in [0.2, 0.25) is 0 Å². The van der Waals surface area contributed by atoms with Gasteiger partial charge in [0.1, 0.15) is 0 Å². The molecule has 0 fully saturated rings. The lowest BCUT2D eigenvalue weighted by molar-refractivity contribution is 0.757. The van der Waals surface area contributed by atoms with Gasteiger partial charge in [0.15, 0.2) is 0 Å². The van der Waals surface area contributed by atoms with Crippen LogP contribution < -0.4 is 10.7 Å². The number of benzene rings is 4. The molecule has 9 rings (SSSR count). The molecule has 0 aliphatic carbocycles. The van der Waals surface area contributed by atoms with E-state index in [1.54, 1.807) is 0 Å². The molecule has 0 amide bonds. The van der Waals surface area contributed by atoms with Gasteiger partial charge in [0.05, 0.1) is 28.5 Å². The third kappa shape index (κ3) is 5.19. The van der Waals surface area contributed by atoms with Crippen molar-refractivity contribution >= 4 is 33.7 Å². The number of rotatable bonds is 5. The first-order valence-electron chi connectivity index (χ1n) is 17.1. The summed E-state index contributed by atoms with van der Waals surface area (Å²) in [5.41, 5.74) is 14.7. The van der Waals surface area contributed by atoms with E-state index in [9.17, 15) is 0 Å². The Morgan fingerprint density at radius 1 is 0.460 bits per heavy atom. The van der Waals surface area contributed by atoms with Gasteiger partial charge in [-0.2, -0.15) is 0 Å². The zero-order chi connectivity index (χ0) is 33.4. The first-order chi connectivity index (χ1) is 24.7. The van der Waals surface area contributed by atoms with Crippen LogP contribution in [0, 0.1) is 0 Å². The van der Waals surface area contributed by atoms with Crippen LogP contribution >= 0.6 is 0 Å². The number of allylic oxidation sites excluding steroid dienone is 4. The summed E-state index contributed by atoms with van der Waals surface area (Å²) in [5.74, 6) is 0. The predicted octanol–water partition coefficient (Wildman–Crippen LogP) is 8.49. The lowest BCUT2D eigenvalue weighted by Crippen LogP contribution is -2.21. The molecule has 0 unspecified atom stereocenters. The van der Waals surface area contributed by atoms with Crippen LogP contribution in [0.4, 0.5) is 0 Å². The molecule has 0 spiro atoms. The van der Waals surface area contributed by atoms with Crippen LogP contribution in [0.1, 0.15) is 40.4 Å². The van der Waals surface area contributed by atoms with Crippen molar-refractivity contribution in [1.82, 2.24) is 9.55 Å². The summed E-state index contributed by atoms with van der Waals surface area (Å²) < 4.78 is 2.34. The number of hydrogen-bond acceptors (Lipinski definition) is 2. The van der Waals surface area contributed by atoms with Crippen molar-refractivity contribution < 1.29 is 0 Å². The molecule has 3 aliphatic heterocycles. The van der Waals surface area contributed by atoms with Gasteiger partial charge in [0, 0.05) is 51.3 Å². The summed E-state index contributed by atoms with van der Waals surface area (Å²) in [7, 11) is 0. The zero-order valence-electron chi connectivity index (χ0n) is 27.7. The molecule has 4 heteroatoms. The van der Waals surface area contributed by atoms with E-state index in [4.69, 9.17) is 9.98 Å². The van der Waals surface area contributed by atoms with Gasteiger partial charge in [-0.1, -0.05) is 121 Å². The summed E-state index contributed by atoms with van der Waals surface area (Å²) in [5, 5.41) is 2.00. The number of hydrogen-bond donors (Lipinski definition) is 1. The molecule has 3 aliphatic rings. The van der Waals surface area contributed by atoms with Crippen molar-refractivity contribution in [2.45, 2.75) is 13.5 Å². The summed E-state index contributed by atoms with van der Waals surface area (Å²) in [4.78, 5) is 14.7. The van der Waals surface area contributed by atoms with Crippen molar-refractivity contribution in [3.8, 4) is 0 Å². The second-order valence-corrected chi connectivity index (χ2v) is 12.6. The Bertz CT molecular complexity index is 2570. The SMILES string of the molecule is CCn1cc2cc1C(c1ccccc1)=C1C=CC(=N1)C(c1ccccc1)=c1ccc([nH]1)=C(c1ccccc1)C1=NC(=C2c2ccccc2)C=C1. The molecule has 0 radical (unpaired) electrons. The lowest BCUT2D eigenvalue weighted by atomic mass is 9.96. The van der Waals surface area contributed by atoms with Gasteiger partial charge in [0.2, 0.25) is 0 Å². The standard InChI is InChI=1S/C46H34N4/c1-2-50-30-35-29-42(50)46(34-21-13-6-14-22-34)41-28-27-40(49-41)45(33-19-11-5-12-20-33)39-26-25-38(48-39)44(32-17-9-4-10-18-32)37-24-23-36(47-37)43(35)31-15-7-3-8-16-31/h3-30,48H,2H2,1H3. The Labute approximate surface area is 291 Å². The van der Waals surface area contributed by atoms with Gasteiger partial charge in [-0.05, 0) is 71.7 Å². The Balaban J connectivity index is 1.44. The van der Waals surface area contributed by atoms with E-state index in [1.807, 2.05) is 0 Å². The highest BCUT2D eigenvalue weighted by molar-refractivity contribution is 6.31. The zero-order valence-corrected chi connectivity index (χ0v) is 27.7. The van der Waals surface area contributed by atoms with Gasteiger partial charge in [0.25, 0.3) is 0 Å². The lowest BCUT2D eigenvalue weighted by Gasteiger charge is -2.13. The highest BCUT2D eigenvalue weighted by atomic mass is 15.0. The van der Waals surface area contributed by atoms with E-state index in [0.29, 0.717) is 0 Å². The number of aromatic amines is 1. The van der Waals surface area contributed by atoms with Crippen LogP contribution in [-0.2, 0) is 6.54 Å². The van der Waals surface area contributed by atoms with Crippen molar-refractivity contribution in [1.29, 1.82) is 0 Å². The monoisotopic (exact) mass is 642 g/mol. The molecular formula is C46H34N4. The maximum absolute atomic E-state index is 5.43. The van der Waals surface area contributed by atoms with E-state index >= 15 is 0 Å². The number of aromatic nitrogens is 2. The fourth-order valence-corrected chi connectivity index (χ4v) is 7.28. The molecule has 0 atom stereocenters. The topological polar surface area (TPSA) is 45.4 Å². The maximum Gasteiger partial charge on any atom is 0.0737 e. The molecule has 8 bridgehead atoms. The number of nitrogens with one attached hydrogen (secondary N) is 1. The molecule has 50 heavy (non-hydrogen) atoms. The third-order valence-corrected chi connectivity index (χ3v) is 9.56. The van der Waals surface area contributed by atoms with Crippen molar-refractivity contribution in [2.24, 2.45) is 9.98 Å². The Morgan fingerprint density at radius 2 is 0.880 bits per heavy atom. The molecule has 1 N–H and O–H groups in total. The number of aliphatic imine (C=N–C) groups is 2. The second kappa shape index (κ2) is 12.5. The molecule has 0 saturated heterocycles. The number of nitrogens with zero attached hydrogens (tertiary/aromatic N) is 3. The predicted molar refractivity (Wildman–Crippen MR) is 206 cm³/mol. The first-order valence-corrected chi connectivity index (χ1v) is 17.1. The molecular weight excluding hydrogens is 609 g/mol. The second-order valence-electron chi connectivity index (χ2n) is 12.6. The number of aryl methyl sites for hydroxylation is 1. The normalized spacial score (nSPS) is 15.2. The van der Waals surface area contributed by atoms with E-state index in [-0.39, 0.29) is 0 Å². The molecule has 0 saturated carbocycles. The highest BCUT2D eigenvalue weighted by Gasteiger charge is 2.24. The fraction of sp³-hybridized carbons (Fsp3) is 0.0435. The summed E-state index contributed by atoms with van der Waals surface area (Å²) >= 11 is 0. The fourth-order valence-electron chi connectivity index (χ4n) is 7.28. The minimum absolute atomic E-state index is 0.805. The quantitative estimate of drug-likeness (QED) is 0.196. The van der Waals surface area contributed by atoms with Crippen LogP contribution in [0.3, 0.4) is 0 Å². The Morgan fingerprint density at radius 3 is 1.34 bits per heavy atom. The van der Waals surface area contributed by atoms with Gasteiger partial charge >= 0.3 is 0 Å². The third-order valence-electron chi connectivity index (χ3n) is 9.56. The van der Waals surface area contributed by atoms with Crippen molar-refractivity contribution in [3.05, 3.63) is 226 Å². The van der Waals surface area contributed by atoms with Crippen molar-refractivity contribution in [3.63, 3.8) is 0 Å². The number of H-pyrrole nitrogens is 1. The van der Waals surface area contributed by atoms with E-state index in [2.05, 4.69) is 187 Å². The molecule has 2 aromatic heterocycles. The van der Waals surface area contributed by atoms with E-state index < -0.39 is 0 Å². The summed E-state index contributed by atoms with van der Waals surface area (Å²) in [6.07, 6.45) is 10.9.